The fraction of sp³-hybridized carbons (Fsp3) is 0.619. The Labute approximate surface area is 172 Å². The molecular formula is C21H30N2O5S. The van der Waals surface area contributed by atoms with Crippen molar-refractivity contribution in [1.29, 1.82) is 0 Å². The average molecular weight is 423 g/mol. The number of hydrogen-bond acceptors (Lipinski definition) is 5. The Bertz CT molecular complexity index is 856. The van der Waals surface area contributed by atoms with Crippen molar-refractivity contribution in [1.82, 2.24) is 9.62 Å². The molecule has 1 heterocycles. The van der Waals surface area contributed by atoms with Crippen molar-refractivity contribution in [3.8, 4) is 0 Å². The average Bonchev–Trinajstić information content (AvgIpc) is 3.21. The maximum atomic E-state index is 13.0. The lowest BCUT2D eigenvalue weighted by molar-refractivity contribution is -0.129. The van der Waals surface area contributed by atoms with Crippen molar-refractivity contribution in [3.63, 3.8) is 0 Å². The molecule has 1 saturated heterocycles. The Morgan fingerprint density at radius 3 is 2.41 bits per heavy atom. The van der Waals surface area contributed by atoms with E-state index in [1.807, 2.05) is 0 Å². The van der Waals surface area contributed by atoms with Crippen LogP contribution in [0.4, 0.5) is 0 Å². The van der Waals surface area contributed by atoms with Crippen LogP contribution in [0.25, 0.3) is 0 Å². The summed E-state index contributed by atoms with van der Waals surface area (Å²) in [5.41, 5.74) is 0.714. The highest BCUT2D eigenvalue weighted by Crippen LogP contribution is 2.25. The summed E-state index contributed by atoms with van der Waals surface area (Å²) >= 11 is 0. The van der Waals surface area contributed by atoms with Crippen LogP contribution >= 0.6 is 0 Å². The predicted molar refractivity (Wildman–Crippen MR) is 109 cm³/mol. The van der Waals surface area contributed by atoms with E-state index in [1.165, 1.54) is 23.4 Å². The second kappa shape index (κ2) is 9.26. The van der Waals surface area contributed by atoms with Gasteiger partial charge in [0.2, 0.25) is 10.0 Å². The number of aryl methyl sites for hydroxylation is 1. The zero-order chi connectivity index (χ0) is 21.0. The van der Waals surface area contributed by atoms with Gasteiger partial charge in [0.25, 0.3) is 5.91 Å². The van der Waals surface area contributed by atoms with Crippen LogP contribution in [-0.4, -0.2) is 49.8 Å². The minimum atomic E-state index is -3.66. The summed E-state index contributed by atoms with van der Waals surface area (Å²) in [5.74, 6) is -1.02. The summed E-state index contributed by atoms with van der Waals surface area (Å²) in [4.78, 5) is 24.9. The Balaban J connectivity index is 1.71. The van der Waals surface area contributed by atoms with Crippen LogP contribution in [0.15, 0.2) is 23.1 Å². The van der Waals surface area contributed by atoms with Gasteiger partial charge in [0.05, 0.1) is 10.5 Å². The lowest BCUT2D eigenvalue weighted by Gasteiger charge is -2.26. The van der Waals surface area contributed by atoms with Crippen molar-refractivity contribution in [2.75, 3.05) is 13.1 Å². The van der Waals surface area contributed by atoms with Crippen molar-refractivity contribution >= 4 is 21.9 Å². The molecule has 1 unspecified atom stereocenters. The summed E-state index contributed by atoms with van der Waals surface area (Å²) < 4.78 is 32.8. The van der Waals surface area contributed by atoms with E-state index >= 15 is 0 Å². The van der Waals surface area contributed by atoms with Gasteiger partial charge in [-0.2, -0.15) is 4.31 Å². The number of piperidine rings is 1. The van der Waals surface area contributed by atoms with Gasteiger partial charge >= 0.3 is 5.97 Å². The van der Waals surface area contributed by atoms with Gasteiger partial charge in [-0.05, 0) is 57.2 Å². The molecule has 1 aliphatic carbocycles. The van der Waals surface area contributed by atoms with Gasteiger partial charge in [0.15, 0.2) is 6.10 Å². The highest BCUT2D eigenvalue weighted by Gasteiger charge is 2.29. The minimum absolute atomic E-state index is 0.122. The van der Waals surface area contributed by atoms with Crippen LogP contribution in [0, 0.1) is 6.92 Å². The SMILES string of the molecule is Cc1ccc(C(=O)OC(C)C(=O)NC2CCCC2)cc1S(=O)(=O)N1CCCCC1. The zero-order valence-corrected chi connectivity index (χ0v) is 18.0. The second-order valence-corrected chi connectivity index (χ2v) is 9.89. The number of nitrogens with one attached hydrogen (secondary N) is 1. The largest absolute Gasteiger partial charge is 0.449 e. The highest BCUT2D eigenvalue weighted by molar-refractivity contribution is 7.89. The van der Waals surface area contributed by atoms with Crippen LogP contribution in [0.1, 0.15) is 67.8 Å². The number of nitrogens with zero attached hydrogens (tertiary/aromatic N) is 1. The Morgan fingerprint density at radius 1 is 1.10 bits per heavy atom. The molecule has 7 nitrogen and oxygen atoms in total. The van der Waals surface area contributed by atoms with Crippen LogP contribution < -0.4 is 5.32 Å². The van der Waals surface area contributed by atoms with E-state index in [4.69, 9.17) is 4.74 Å². The maximum absolute atomic E-state index is 13.0. The van der Waals surface area contributed by atoms with E-state index in [9.17, 15) is 18.0 Å². The fourth-order valence-corrected chi connectivity index (χ4v) is 5.69. The molecule has 0 aromatic heterocycles. The molecule has 1 N–H and O–H groups in total. The molecule has 2 aliphatic rings. The van der Waals surface area contributed by atoms with Gasteiger partial charge in [-0.3, -0.25) is 4.79 Å². The predicted octanol–water partition coefficient (Wildman–Crippen LogP) is 2.77. The topological polar surface area (TPSA) is 92.8 Å². The van der Waals surface area contributed by atoms with E-state index in [0.29, 0.717) is 18.7 Å². The first-order chi connectivity index (χ1) is 13.8. The highest BCUT2D eigenvalue weighted by atomic mass is 32.2. The molecule has 0 bridgehead atoms. The van der Waals surface area contributed by atoms with Gasteiger partial charge in [0.1, 0.15) is 0 Å². The minimum Gasteiger partial charge on any atom is -0.449 e. The summed E-state index contributed by atoms with van der Waals surface area (Å²) in [6.07, 6.45) is 5.85. The normalized spacial score (nSPS) is 19.7. The number of amides is 1. The number of sulfonamides is 1. The number of benzene rings is 1. The Morgan fingerprint density at radius 2 is 1.76 bits per heavy atom. The molecule has 1 amide bonds. The van der Waals surface area contributed by atoms with E-state index < -0.39 is 22.1 Å². The van der Waals surface area contributed by atoms with Crippen molar-refractivity contribution < 1.29 is 22.7 Å². The van der Waals surface area contributed by atoms with Crippen LogP contribution in [0.2, 0.25) is 0 Å². The summed E-state index contributed by atoms with van der Waals surface area (Å²) in [6.45, 7) is 4.23. The third-order valence-electron chi connectivity index (χ3n) is 5.71. The van der Waals surface area contributed by atoms with Crippen LogP contribution in [0.5, 0.6) is 0 Å². The van der Waals surface area contributed by atoms with Crippen LogP contribution in [-0.2, 0) is 19.6 Å². The number of rotatable bonds is 6. The number of ether oxygens (including phenoxy) is 1. The van der Waals surface area contributed by atoms with Gasteiger partial charge in [0, 0.05) is 19.1 Å². The van der Waals surface area contributed by atoms with Crippen molar-refractivity contribution in [3.05, 3.63) is 29.3 Å². The summed E-state index contributed by atoms with van der Waals surface area (Å²) in [7, 11) is -3.66. The standard InChI is InChI=1S/C21H30N2O5S/c1-15-10-11-17(14-19(15)29(26,27)23-12-6-3-7-13-23)21(25)28-16(2)20(24)22-18-8-4-5-9-18/h10-11,14,16,18H,3-9,12-13H2,1-2H3,(H,22,24). The number of carbonyl (C=O) groups is 2. The Hall–Kier alpha value is -1.93. The summed E-state index contributed by atoms with van der Waals surface area (Å²) in [6, 6.07) is 4.65. The van der Waals surface area contributed by atoms with Crippen LogP contribution in [0.3, 0.4) is 0 Å². The lowest BCUT2D eigenvalue weighted by Crippen LogP contribution is -2.40. The molecule has 3 rings (SSSR count). The molecule has 1 aromatic carbocycles. The molecule has 1 atom stereocenters. The molecule has 29 heavy (non-hydrogen) atoms. The van der Waals surface area contributed by atoms with E-state index in [1.54, 1.807) is 13.0 Å². The first-order valence-corrected chi connectivity index (χ1v) is 11.8. The number of esters is 1. The molecule has 2 fully saturated rings. The third-order valence-corrected chi connectivity index (χ3v) is 7.75. The van der Waals surface area contributed by atoms with E-state index in [2.05, 4.69) is 5.32 Å². The first-order valence-electron chi connectivity index (χ1n) is 10.4. The molecule has 160 valence electrons. The fourth-order valence-electron chi connectivity index (χ4n) is 3.92. The monoisotopic (exact) mass is 422 g/mol. The Kier molecular flexibility index (Phi) is 6.95. The van der Waals surface area contributed by atoms with Gasteiger partial charge in [-0.25, -0.2) is 13.2 Å². The smallest absolute Gasteiger partial charge is 0.338 e. The molecule has 1 aliphatic heterocycles. The maximum Gasteiger partial charge on any atom is 0.338 e. The third kappa shape index (κ3) is 5.17. The molecule has 0 radical (unpaired) electrons. The molecule has 0 spiro atoms. The molecular weight excluding hydrogens is 392 g/mol. The zero-order valence-electron chi connectivity index (χ0n) is 17.1. The first kappa shape index (κ1) is 21.8. The second-order valence-electron chi connectivity index (χ2n) is 7.98. The lowest BCUT2D eigenvalue weighted by atomic mass is 10.1. The van der Waals surface area contributed by atoms with Gasteiger partial charge in [-0.1, -0.05) is 25.3 Å². The molecule has 1 saturated carbocycles. The summed E-state index contributed by atoms with van der Waals surface area (Å²) in [5, 5.41) is 2.90. The quantitative estimate of drug-likeness (QED) is 0.712. The van der Waals surface area contributed by atoms with Gasteiger partial charge < -0.3 is 10.1 Å². The van der Waals surface area contributed by atoms with Gasteiger partial charge in [-0.15, -0.1) is 0 Å². The number of hydrogen-bond donors (Lipinski definition) is 1. The van der Waals surface area contributed by atoms with E-state index in [-0.39, 0.29) is 22.4 Å². The van der Waals surface area contributed by atoms with Crippen molar-refractivity contribution in [2.45, 2.75) is 75.8 Å². The molecule has 1 aromatic rings. The van der Waals surface area contributed by atoms with E-state index in [0.717, 1.165) is 44.9 Å². The number of carbonyl (C=O) groups excluding carboxylic acids is 2. The van der Waals surface area contributed by atoms with Crippen molar-refractivity contribution in [2.24, 2.45) is 0 Å². The molecule has 8 heteroatoms.